The molecule has 532 valence electrons. The van der Waals surface area contributed by atoms with Gasteiger partial charge in [-0.2, -0.15) is 0 Å². The molecule has 0 radical (unpaired) electrons. The molecule has 0 amide bonds. The summed E-state index contributed by atoms with van der Waals surface area (Å²) < 4.78 is 38.5. The van der Waals surface area contributed by atoms with Gasteiger partial charge in [0.25, 0.3) is 0 Å². The molecule has 0 bridgehead atoms. The van der Waals surface area contributed by atoms with Gasteiger partial charge in [0.1, 0.15) is 33.4 Å². The topological polar surface area (TPSA) is 59.1 Å². The normalized spacial score (nSPS) is 12.2. The minimum Gasteiger partial charge on any atom is -0.455 e. The van der Waals surface area contributed by atoms with Gasteiger partial charge in [-0.05, 0) is 120 Å². The van der Waals surface area contributed by atoms with Gasteiger partial charge < -0.3 is 31.5 Å². The second kappa shape index (κ2) is 24.6. The molecule has 0 spiro atoms. The number of hydrogen-bond donors (Lipinski definition) is 0. The van der Waals surface area contributed by atoms with E-state index in [2.05, 4.69) is 382 Å². The summed E-state index contributed by atoms with van der Waals surface area (Å²) in [6.07, 6.45) is 0. The molecule has 0 saturated carbocycles. The van der Waals surface area contributed by atoms with Crippen molar-refractivity contribution in [2.75, 3.05) is 0 Å². The molecule has 0 fully saturated rings. The Bertz CT molecular complexity index is 8240. The van der Waals surface area contributed by atoms with Crippen LogP contribution in [-0.4, -0.2) is 18.3 Å². The van der Waals surface area contributed by atoms with Crippen LogP contribution >= 0.6 is 34.0 Å². The van der Waals surface area contributed by atoms with Gasteiger partial charge in [-0.3, -0.25) is 0 Å². The smallest absolute Gasteiger partial charge is 0.161 e. The predicted octanol–water partition coefficient (Wildman–Crippen LogP) is 30.6. The second-order valence-corrected chi connectivity index (χ2v) is 32.7. The fourth-order valence-corrected chi connectivity index (χ4v) is 22.5. The summed E-state index contributed by atoms with van der Waals surface area (Å²) in [6.45, 7) is 0. The molecule has 114 heavy (non-hydrogen) atoms. The van der Waals surface area contributed by atoms with Crippen LogP contribution in [0.1, 0.15) is 0 Å². The van der Waals surface area contributed by atoms with E-state index in [-0.39, 0.29) is 0 Å². The van der Waals surface area contributed by atoms with Gasteiger partial charge in [-0.25, -0.2) is 0 Å². The Kier molecular flexibility index (Phi) is 13.7. The zero-order chi connectivity index (χ0) is 74.4. The summed E-state index contributed by atoms with van der Waals surface area (Å²) in [4.78, 5) is 0. The number of para-hydroxylation sites is 12. The Hall–Kier alpha value is -14.3. The van der Waals surface area contributed by atoms with Crippen molar-refractivity contribution in [3.63, 3.8) is 0 Å². The lowest BCUT2D eigenvalue weighted by molar-refractivity contribution is 0.665. The maximum Gasteiger partial charge on any atom is 0.161 e. The van der Waals surface area contributed by atoms with Gasteiger partial charge in [-0.1, -0.05) is 255 Å². The first kappa shape index (κ1) is 63.5. The van der Waals surface area contributed by atoms with E-state index in [1.165, 1.54) is 116 Å². The molecule has 10 heteroatoms. The molecule has 16 aromatic carbocycles. The number of aromatic nitrogens is 4. The standard InChI is InChI=1S/C52H30N2O3.C52H30N2S3/c1-3-15-31(16-4-1)53-43-29-9-7-19-39(43)51-45(53)41-27-13-25-37(49(41)56-51)35-23-11-21-33-34-22-12-24-36(48(34)55-47(33)35)38-26-14-28-42-46-52(57-50(38)42)40-20-8-10-30-44(40)54(46)32-17-5-2-6-18-32;1-3-14-32(15-4-1)53-42-23-10-7-18-37(42)51-47(53)40-27-26-31(30-45(40)56-51)34-28-29-36(50-46(34)39-20-9-12-25-44(39)55-50)35-21-13-22-41-48-52(57-49(35)41)38-19-8-11-24-43(38)54(48)33-16-5-2-6-17-33/h2*1-30H. The third-order valence-electron chi connectivity index (χ3n) is 23.5. The number of benzene rings is 16. The van der Waals surface area contributed by atoms with Crippen molar-refractivity contribution in [1.82, 2.24) is 18.3 Å². The second-order valence-electron chi connectivity index (χ2n) is 29.6. The Balaban J connectivity index is 0.000000129. The lowest BCUT2D eigenvalue weighted by Crippen LogP contribution is -1.93. The lowest BCUT2D eigenvalue weighted by Gasteiger charge is -2.12. The summed E-state index contributed by atoms with van der Waals surface area (Å²) in [5.41, 5.74) is 28.2. The molecule has 0 aliphatic carbocycles. The van der Waals surface area contributed by atoms with Crippen LogP contribution < -0.4 is 0 Å². The van der Waals surface area contributed by atoms with Crippen LogP contribution in [0.4, 0.5) is 0 Å². The van der Waals surface area contributed by atoms with Crippen molar-refractivity contribution >= 4 is 204 Å². The van der Waals surface area contributed by atoms with Crippen LogP contribution in [0, 0.1) is 0 Å². The van der Waals surface area contributed by atoms with Gasteiger partial charge in [0.2, 0.25) is 0 Å². The first-order chi connectivity index (χ1) is 56.6. The zero-order valence-corrected chi connectivity index (χ0v) is 63.3. The predicted molar refractivity (Wildman–Crippen MR) is 482 cm³/mol. The van der Waals surface area contributed by atoms with Crippen LogP contribution in [-0.2, 0) is 0 Å². The Labute approximate surface area is 662 Å². The van der Waals surface area contributed by atoms with E-state index in [4.69, 9.17) is 13.3 Å². The number of hydrogen-bond acceptors (Lipinski definition) is 6. The molecular weight excluding hydrogens is 1450 g/mol. The summed E-state index contributed by atoms with van der Waals surface area (Å²) in [6, 6.07) is 131. The maximum absolute atomic E-state index is 7.07. The molecule has 0 N–H and O–H groups in total. The number of fused-ring (bicyclic) bond motifs is 26. The molecule has 0 aliphatic rings. The highest BCUT2D eigenvalue weighted by Gasteiger charge is 2.29. The van der Waals surface area contributed by atoms with Crippen molar-refractivity contribution in [2.24, 2.45) is 0 Å². The van der Waals surface area contributed by atoms with E-state index in [9.17, 15) is 0 Å². The van der Waals surface area contributed by atoms with Gasteiger partial charge in [0.15, 0.2) is 11.2 Å². The van der Waals surface area contributed by atoms with Crippen LogP contribution in [0.3, 0.4) is 0 Å². The highest BCUT2D eigenvalue weighted by molar-refractivity contribution is 7.28. The summed E-state index contributed by atoms with van der Waals surface area (Å²) in [7, 11) is 0. The lowest BCUT2D eigenvalue weighted by atomic mass is 9.94. The van der Waals surface area contributed by atoms with E-state index >= 15 is 0 Å². The highest BCUT2D eigenvalue weighted by Crippen LogP contribution is 2.54. The van der Waals surface area contributed by atoms with Crippen molar-refractivity contribution in [3.05, 3.63) is 364 Å². The van der Waals surface area contributed by atoms with Crippen LogP contribution in [0.2, 0.25) is 0 Å². The Morgan fingerprint density at radius 3 is 1.03 bits per heavy atom. The first-order valence-electron chi connectivity index (χ1n) is 38.5. The average molecular weight is 1510 g/mol. The number of furan rings is 3. The quantitative estimate of drug-likeness (QED) is 0.152. The van der Waals surface area contributed by atoms with Crippen LogP contribution in [0.25, 0.3) is 238 Å². The minimum atomic E-state index is 0.822. The van der Waals surface area contributed by atoms with E-state index in [1.807, 2.05) is 34.0 Å². The molecule has 0 aliphatic heterocycles. The molecular formula is C104H60N4O3S3. The van der Waals surface area contributed by atoms with Crippen molar-refractivity contribution in [3.8, 4) is 67.3 Å². The Morgan fingerprint density at radius 2 is 0.526 bits per heavy atom. The first-order valence-corrected chi connectivity index (χ1v) is 41.0. The average Bonchev–Trinajstić information content (AvgIpc) is 1.15. The maximum atomic E-state index is 7.07. The molecule has 10 heterocycles. The number of thiophene rings is 3. The Morgan fingerprint density at radius 1 is 0.184 bits per heavy atom. The largest absolute Gasteiger partial charge is 0.455 e. The third-order valence-corrected chi connectivity index (χ3v) is 27.1. The molecule has 0 saturated heterocycles. The number of nitrogens with zero attached hydrogens (tertiary/aromatic N) is 4. The highest BCUT2D eigenvalue weighted by atomic mass is 32.1. The van der Waals surface area contributed by atoms with Crippen LogP contribution in [0.15, 0.2) is 377 Å². The fourth-order valence-electron chi connectivity index (χ4n) is 18.7. The summed E-state index contributed by atoms with van der Waals surface area (Å²) in [5.74, 6) is 0. The van der Waals surface area contributed by atoms with Gasteiger partial charge in [-0.15, -0.1) is 34.0 Å². The van der Waals surface area contributed by atoms with Crippen molar-refractivity contribution in [1.29, 1.82) is 0 Å². The van der Waals surface area contributed by atoms with Gasteiger partial charge in [0.05, 0.1) is 42.5 Å². The van der Waals surface area contributed by atoms with E-state index in [0.29, 0.717) is 0 Å². The molecule has 7 nitrogen and oxygen atoms in total. The van der Waals surface area contributed by atoms with Crippen LogP contribution in [0.5, 0.6) is 0 Å². The minimum absolute atomic E-state index is 0.822. The van der Waals surface area contributed by atoms with E-state index < -0.39 is 0 Å². The molecule has 0 atom stereocenters. The van der Waals surface area contributed by atoms with Crippen molar-refractivity contribution in [2.45, 2.75) is 0 Å². The summed E-state index contributed by atoms with van der Waals surface area (Å²) >= 11 is 5.76. The van der Waals surface area contributed by atoms with E-state index in [1.54, 1.807) is 0 Å². The monoisotopic (exact) mass is 1510 g/mol. The van der Waals surface area contributed by atoms with E-state index in [0.717, 1.165) is 122 Å². The van der Waals surface area contributed by atoms with Gasteiger partial charge >= 0.3 is 0 Å². The molecule has 26 aromatic rings. The SMILES string of the molecule is c1ccc(-n2c3ccccc3c3oc4c(-c5cccc6c5oc5c(-c7cccc8c7oc7c9ccccc9n(-c9ccccc9)c87)cccc56)cccc4c32)cc1.c1ccc(-n2c3ccccc3c3sc4cc(-c5ccc(-c6cccc7c6sc6c8ccccc8n(-c8ccccc8)c76)c6sc7ccccc7c56)ccc4c32)cc1. The number of rotatable bonds is 8. The van der Waals surface area contributed by atoms with Gasteiger partial charge in [0, 0.05) is 140 Å². The fraction of sp³-hybridized carbons (Fsp3) is 0. The third kappa shape index (κ3) is 9.12. The molecule has 0 unspecified atom stereocenters. The summed E-state index contributed by atoms with van der Waals surface area (Å²) in [5, 5.41) is 14.2. The zero-order valence-electron chi connectivity index (χ0n) is 60.9. The van der Waals surface area contributed by atoms with Crippen molar-refractivity contribution < 1.29 is 13.3 Å². The molecule has 10 aromatic heterocycles. The molecule has 26 rings (SSSR count).